The van der Waals surface area contributed by atoms with Gasteiger partial charge in [-0.1, -0.05) is 188 Å². The van der Waals surface area contributed by atoms with E-state index in [0.29, 0.717) is 0 Å². The van der Waals surface area contributed by atoms with Crippen LogP contribution in [0.25, 0.3) is 111 Å². The SMILES string of the molecule is C1=CC(c2nc(-c3ccccc3)cc(-c3ccc(-c4ccc(-c5cccc6c5nc(-c5ccccc5)c5c6ccc6c5c5ccccc5n6-c5ccccc5)cc4)cc3)n2)=CCC1. The van der Waals surface area contributed by atoms with E-state index in [0.717, 1.165) is 96.9 Å². The maximum atomic E-state index is 5.64. The number of hydrogen-bond donors (Lipinski definition) is 0. The van der Waals surface area contributed by atoms with Crippen LogP contribution >= 0.6 is 0 Å². The van der Waals surface area contributed by atoms with Gasteiger partial charge in [-0.25, -0.2) is 15.0 Å². The highest BCUT2D eigenvalue weighted by atomic mass is 15.0. The summed E-state index contributed by atoms with van der Waals surface area (Å²) in [6, 6.07) is 71.4. The number of pyridine rings is 1. The van der Waals surface area contributed by atoms with E-state index < -0.39 is 0 Å². The molecule has 0 bridgehead atoms. The first kappa shape index (κ1) is 36.6. The fourth-order valence-electron chi connectivity index (χ4n) is 9.41. The van der Waals surface area contributed by atoms with Crippen molar-refractivity contribution in [2.75, 3.05) is 0 Å². The van der Waals surface area contributed by atoms with Crippen LogP contribution in [0.3, 0.4) is 0 Å². The van der Waals surface area contributed by atoms with E-state index in [1.165, 1.54) is 32.6 Å². The van der Waals surface area contributed by atoms with Crippen molar-refractivity contribution in [1.82, 2.24) is 19.5 Å². The van der Waals surface area contributed by atoms with E-state index in [1.807, 2.05) is 6.07 Å². The standard InChI is InChI=1S/C59H40N4/c1-5-16-42(17-6-1)51-38-52(61-59(60-51)45-20-9-3-10-21-45)43-34-30-40(31-35-43)39-28-32-41(33-29-39)47-25-15-26-49-48-36-37-54-55(56(48)57(62-58(47)49)44-18-7-2-8-19-44)50-24-13-14-27-53(50)63(54)46-22-11-4-12-23-46/h1-2,4-9,11-38H,3,10H2. The highest BCUT2D eigenvalue weighted by molar-refractivity contribution is 6.29. The lowest BCUT2D eigenvalue weighted by Crippen LogP contribution is -1.99. The van der Waals surface area contributed by atoms with Gasteiger partial charge >= 0.3 is 0 Å². The zero-order valence-corrected chi connectivity index (χ0v) is 34.5. The molecule has 8 aromatic carbocycles. The third kappa shape index (κ3) is 6.43. The smallest absolute Gasteiger partial charge is 0.160 e. The van der Waals surface area contributed by atoms with Gasteiger partial charge in [0.1, 0.15) is 0 Å². The monoisotopic (exact) mass is 804 g/mol. The van der Waals surface area contributed by atoms with Crippen LogP contribution in [0.5, 0.6) is 0 Å². The second kappa shape index (κ2) is 15.4. The minimum Gasteiger partial charge on any atom is -0.309 e. The lowest BCUT2D eigenvalue weighted by molar-refractivity contribution is 1.03. The van der Waals surface area contributed by atoms with Crippen molar-refractivity contribution in [1.29, 1.82) is 0 Å². The third-order valence-corrected chi connectivity index (χ3v) is 12.4. The number of benzene rings is 8. The summed E-state index contributed by atoms with van der Waals surface area (Å²) in [6.07, 6.45) is 8.64. The molecule has 11 aromatic rings. The molecule has 0 atom stereocenters. The Labute approximate surface area is 365 Å². The highest BCUT2D eigenvalue weighted by Crippen LogP contribution is 2.44. The normalized spacial score (nSPS) is 12.7. The average molecular weight is 805 g/mol. The summed E-state index contributed by atoms with van der Waals surface area (Å²) in [5.74, 6) is 0.762. The molecule has 1 aliphatic carbocycles. The van der Waals surface area contributed by atoms with Gasteiger partial charge < -0.3 is 4.57 Å². The van der Waals surface area contributed by atoms with E-state index >= 15 is 0 Å². The lowest BCUT2D eigenvalue weighted by Gasteiger charge is -2.15. The number of rotatable bonds is 7. The van der Waals surface area contributed by atoms with Crippen LogP contribution in [0.1, 0.15) is 18.7 Å². The predicted octanol–water partition coefficient (Wildman–Crippen LogP) is 15.3. The zero-order valence-electron chi connectivity index (χ0n) is 34.5. The number of nitrogens with zero attached hydrogens (tertiary/aromatic N) is 4. The van der Waals surface area contributed by atoms with Crippen molar-refractivity contribution < 1.29 is 0 Å². The second-order valence-corrected chi connectivity index (χ2v) is 16.2. The van der Waals surface area contributed by atoms with Crippen molar-refractivity contribution >= 4 is 49.1 Å². The Kier molecular flexibility index (Phi) is 8.93. The third-order valence-electron chi connectivity index (χ3n) is 12.4. The number of hydrogen-bond acceptors (Lipinski definition) is 3. The molecule has 12 rings (SSSR count). The molecule has 0 unspecified atom stereocenters. The summed E-state index contributed by atoms with van der Waals surface area (Å²) in [6.45, 7) is 0. The zero-order chi connectivity index (χ0) is 41.7. The molecule has 0 aliphatic heterocycles. The Bertz CT molecular complexity index is 3570. The van der Waals surface area contributed by atoms with Crippen LogP contribution in [-0.2, 0) is 0 Å². The van der Waals surface area contributed by atoms with E-state index in [2.05, 4.69) is 217 Å². The first-order valence-corrected chi connectivity index (χ1v) is 21.7. The first-order valence-electron chi connectivity index (χ1n) is 21.7. The van der Waals surface area contributed by atoms with Crippen molar-refractivity contribution in [2.24, 2.45) is 0 Å². The minimum absolute atomic E-state index is 0.762. The molecule has 63 heavy (non-hydrogen) atoms. The molecule has 4 heteroatoms. The average Bonchev–Trinajstić information content (AvgIpc) is 3.71. The molecule has 0 spiro atoms. The summed E-state index contributed by atoms with van der Waals surface area (Å²) in [4.78, 5) is 15.7. The van der Waals surface area contributed by atoms with Crippen LogP contribution in [0.15, 0.2) is 218 Å². The molecule has 296 valence electrons. The Morgan fingerprint density at radius 2 is 1.00 bits per heavy atom. The molecule has 0 fully saturated rings. The number of aromatic nitrogens is 4. The summed E-state index contributed by atoms with van der Waals surface area (Å²) >= 11 is 0. The molecular formula is C59H40N4. The van der Waals surface area contributed by atoms with Gasteiger partial charge in [-0.3, -0.25) is 0 Å². The van der Waals surface area contributed by atoms with Gasteiger partial charge in [0.15, 0.2) is 5.82 Å². The van der Waals surface area contributed by atoms with E-state index in [1.54, 1.807) is 0 Å². The number of para-hydroxylation sites is 3. The molecule has 0 amide bonds. The van der Waals surface area contributed by atoms with Gasteiger partial charge in [0.2, 0.25) is 0 Å². The number of fused-ring (bicyclic) bond motifs is 7. The summed E-state index contributed by atoms with van der Waals surface area (Å²) in [7, 11) is 0. The van der Waals surface area contributed by atoms with Gasteiger partial charge in [-0.15, -0.1) is 0 Å². The molecule has 4 nitrogen and oxygen atoms in total. The Morgan fingerprint density at radius 3 is 1.70 bits per heavy atom. The number of allylic oxidation sites excluding steroid dienone is 4. The van der Waals surface area contributed by atoms with Crippen LogP contribution < -0.4 is 0 Å². The fraction of sp³-hybridized carbons (Fsp3) is 0.0339. The van der Waals surface area contributed by atoms with Gasteiger partial charge in [-0.2, -0.15) is 0 Å². The molecule has 0 radical (unpaired) electrons. The summed E-state index contributed by atoms with van der Waals surface area (Å²) in [5.41, 5.74) is 16.1. The van der Waals surface area contributed by atoms with E-state index in [4.69, 9.17) is 15.0 Å². The first-order chi connectivity index (χ1) is 31.2. The Balaban J connectivity index is 0.951. The highest BCUT2D eigenvalue weighted by Gasteiger charge is 2.21. The van der Waals surface area contributed by atoms with Gasteiger partial charge in [0, 0.05) is 55.1 Å². The Hall–Kier alpha value is -8.21. The molecule has 1 aliphatic rings. The second-order valence-electron chi connectivity index (χ2n) is 16.2. The summed E-state index contributed by atoms with van der Waals surface area (Å²) in [5, 5.41) is 5.94. The van der Waals surface area contributed by atoms with Crippen molar-refractivity contribution in [2.45, 2.75) is 12.8 Å². The van der Waals surface area contributed by atoms with Gasteiger partial charge in [-0.05, 0) is 65.3 Å². The molecule has 3 heterocycles. The van der Waals surface area contributed by atoms with Crippen molar-refractivity contribution in [3.8, 4) is 61.7 Å². The van der Waals surface area contributed by atoms with Crippen LogP contribution in [0, 0.1) is 0 Å². The van der Waals surface area contributed by atoms with Crippen molar-refractivity contribution in [3.63, 3.8) is 0 Å². The van der Waals surface area contributed by atoms with Gasteiger partial charge in [0.25, 0.3) is 0 Å². The fourth-order valence-corrected chi connectivity index (χ4v) is 9.41. The minimum atomic E-state index is 0.762. The van der Waals surface area contributed by atoms with Crippen LogP contribution in [-0.4, -0.2) is 19.5 Å². The molecule has 0 N–H and O–H groups in total. The quantitative estimate of drug-likeness (QED) is 0.151. The van der Waals surface area contributed by atoms with Crippen molar-refractivity contribution in [3.05, 3.63) is 224 Å². The van der Waals surface area contributed by atoms with Gasteiger partial charge in [0.05, 0.1) is 33.6 Å². The molecule has 0 saturated carbocycles. The topological polar surface area (TPSA) is 43.6 Å². The van der Waals surface area contributed by atoms with Crippen LogP contribution in [0.2, 0.25) is 0 Å². The van der Waals surface area contributed by atoms with Crippen LogP contribution in [0.4, 0.5) is 0 Å². The molecule has 3 aromatic heterocycles. The maximum Gasteiger partial charge on any atom is 0.160 e. The van der Waals surface area contributed by atoms with E-state index in [9.17, 15) is 0 Å². The predicted molar refractivity (Wildman–Crippen MR) is 263 cm³/mol. The molecular weight excluding hydrogens is 765 g/mol. The Morgan fingerprint density at radius 1 is 0.397 bits per heavy atom. The maximum absolute atomic E-state index is 5.64. The molecule has 0 saturated heterocycles. The largest absolute Gasteiger partial charge is 0.309 e. The van der Waals surface area contributed by atoms with E-state index in [-0.39, 0.29) is 0 Å². The summed E-state index contributed by atoms with van der Waals surface area (Å²) < 4.78 is 2.39. The lowest BCUT2D eigenvalue weighted by atomic mass is 9.93.